The summed E-state index contributed by atoms with van der Waals surface area (Å²) in [4.78, 5) is 14.0. The molecule has 0 aromatic rings. The monoisotopic (exact) mass is 230 g/mol. The van der Waals surface area contributed by atoms with Crippen molar-refractivity contribution in [1.29, 1.82) is 0 Å². The Balaban J connectivity index is 2.24. The summed E-state index contributed by atoms with van der Waals surface area (Å²) in [5, 5.41) is 3.39. The minimum Gasteiger partial charge on any atom is -0.339 e. The molecule has 4 heteroatoms. The lowest BCUT2D eigenvalue weighted by atomic mass is 10.3. The molecule has 1 rings (SSSR count). The number of nitrogens with one attached hydrogen (secondary N) is 1. The first-order chi connectivity index (χ1) is 7.25. The maximum Gasteiger partial charge on any atom is 0.235 e. The van der Waals surface area contributed by atoms with E-state index < -0.39 is 0 Å². The van der Waals surface area contributed by atoms with E-state index in [1.54, 1.807) is 11.8 Å². The number of rotatable bonds is 5. The van der Waals surface area contributed by atoms with E-state index in [1.807, 2.05) is 11.8 Å². The highest BCUT2D eigenvalue weighted by Crippen LogP contribution is 2.15. The summed E-state index contributed by atoms with van der Waals surface area (Å²) < 4.78 is 0. The minimum absolute atomic E-state index is 0.134. The van der Waals surface area contributed by atoms with E-state index in [-0.39, 0.29) is 5.25 Å². The van der Waals surface area contributed by atoms with Crippen molar-refractivity contribution in [3.8, 4) is 0 Å². The van der Waals surface area contributed by atoms with Crippen LogP contribution < -0.4 is 5.32 Å². The Morgan fingerprint density at radius 3 is 2.73 bits per heavy atom. The zero-order valence-corrected chi connectivity index (χ0v) is 10.6. The number of hydrogen-bond acceptors (Lipinski definition) is 3. The van der Waals surface area contributed by atoms with E-state index in [4.69, 9.17) is 0 Å². The molecule has 0 radical (unpaired) electrons. The van der Waals surface area contributed by atoms with E-state index in [1.165, 1.54) is 12.8 Å². The summed E-state index contributed by atoms with van der Waals surface area (Å²) in [6, 6.07) is 0. The van der Waals surface area contributed by atoms with Crippen LogP contribution in [0, 0.1) is 0 Å². The predicted molar refractivity (Wildman–Crippen MR) is 66.3 cm³/mol. The van der Waals surface area contributed by atoms with Gasteiger partial charge >= 0.3 is 0 Å². The number of carbonyl (C=O) groups is 1. The molecular weight excluding hydrogens is 208 g/mol. The third-order valence-corrected chi connectivity index (χ3v) is 3.87. The van der Waals surface area contributed by atoms with Gasteiger partial charge in [0.15, 0.2) is 0 Å². The number of thioether (sulfide) groups is 1. The highest BCUT2D eigenvalue weighted by Gasteiger charge is 2.21. The van der Waals surface area contributed by atoms with Crippen molar-refractivity contribution < 1.29 is 4.79 Å². The molecule has 1 unspecified atom stereocenters. The maximum atomic E-state index is 12.0. The summed E-state index contributed by atoms with van der Waals surface area (Å²) in [6.07, 6.45) is 2.42. The number of nitrogens with zero attached hydrogens (tertiary/aromatic N) is 1. The number of carbonyl (C=O) groups excluding carboxylic acids is 1. The number of hydrogen-bond donors (Lipinski definition) is 1. The zero-order valence-electron chi connectivity index (χ0n) is 9.79. The molecule has 88 valence electrons. The Labute approximate surface area is 97.0 Å². The highest BCUT2D eigenvalue weighted by molar-refractivity contribution is 8.00. The lowest BCUT2D eigenvalue weighted by molar-refractivity contribution is -0.130. The van der Waals surface area contributed by atoms with Crippen LogP contribution in [0.5, 0.6) is 0 Å². The average molecular weight is 230 g/mol. The number of unbranched alkanes of at least 4 members (excludes halogenated alkanes) is 1. The van der Waals surface area contributed by atoms with Crippen molar-refractivity contribution in [2.75, 3.05) is 31.9 Å². The SMILES string of the molecule is CCCCSC(C)C(=O)N1CCNCC1. The first kappa shape index (κ1) is 12.8. The molecule has 0 saturated carbocycles. The van der Waals surface area contributed by atoms with Gasteiger partial charge in [-0.1, -0.05) is 13.3 Å². The Morgan fingerprint density at radius 2 is 2.13 bits per heavy atom. The molecule has 1 aliphatic heterocycles. The van der Waals surface area contributed by atoms with Crippen LogP contribution >= 0.6 is 11.8 Å². The van der Waals surface area contributed by atoms with Gasteiger partial charge in [-0.3, -0.25) is 4.79 Å². The fourth-order valence-corrected chi connectivity index (χ4v) is 2.72. The molecule has 1 atom stereocenters. The van der Waals surface area contributed by atoms with Gasteiger partial charge in [0, 0.05) is 26.2 Å². The second-order valence-corrected chi connectivity index (χ2v) is 5.39. The third-order valence-electron chi connectivity index (χ3n) is 2.64. The van der Waals surface area contributed by atoms with Gasteiger partial charge in [-0.2, -0.15) is 0 Å². The van der Waals surface area contributed by atoms with Gasteiger partial charge in [0.25, 0.3) is 0 Å². The van der Waals surface area contributed by atoms with Crippen LogP contribution in [0.2, 0.25) is 0 Å². The predicted octanol–water partition coefficient (Wildman–Crippen LogP) is 1.34. The molecule has 1 saturated heterocycles. The van der Waals surface area contributed by atoms with Crippen LogP contribution in [-0.4, -0.2) is 48.0 Å². The van der Waals surface area contributed by atoms with Gasteiger partial charge in [-0.05, 0) is 19.1 Å². The van der Waals surface area contributed by atoms with Crippen molar-refractivity contribution in [2.45, 2.75) is 31.9 Å². The fourth-order valence-electron chi connectivity index (χ4n) is 1.62. The van der Waals surface area contributed by atoms with Crippen molar-refractivity contribution in [2.24, 2.45) is 0 Å². The normalized spacial score (nSPS) is 18.9. The van der Waals surface area contributed by atoms with E-state index >= 15 is 0 Å². The zero-order chi connectivity index (χ0) is 11.1. The average Bonchev–Trinajstić information content (AvgIpc) is 2.29. The molecule has 0 aromatic carbocycles. The van der Waals surface area contributed by atoms with Gasteiger partial charge in [0.2, 0.25) is 5.91 Å². The minimum atomic E-state index is 0.134. The Kier molecular flexibility index (Phi) is 6.10. The van der Waals surface area contributed by atoms with Crippen LogP contribution in [0.3, 0.4) is 0 Å². The highest BCUT2D eigenvalue weighted by atomic mass is 32.2. The molecule has 0 aromatic heterocycles. The van der Waals surface area contributed by atoms with Crippen molar-refractivity contribution in [3.63, 3.8) is 0 Å². The summed E-state index contributed by atoms with van der Waals surface area (Å²) in [6.45, 7) is 7.85. The van der Waals surface area contributed by atoms with Gasteiger partial charge in [-0.25, -0.2) is 0 Å². The summed E-state index contributed by atoms with van der Waals surface area (Å²) in [7, 11) is 0. The van der Waals surface area contributed by atoms with E-state index in [9.17, 15) is 4.79 Å². The summed E-state index contributed by atoms with van der Waals surface area (Å²) >= 11 is 1.79. The van der Waals surface area contributed by atoms with Gasteiger partial charge < -0.3 is 10.2 Å². The molecule has 1 N–H and O–H groups in total. The van der Waals surface area contributed by atoms with Crippen LogP contribution in [0.1, 0.15) is 26.7 Å². The van der Waals surface area contributed by atoms with Gasteiger partial charge in [0.05, 0.1) is 5.25 Å². The molecule has 0 bridgehead atoms. The molecule has 1 fully saturated rings. The molecule has 1 amide bonds. The molecular formula is C11H22N2OS. The molecule has 15 heavy (non-hydrogen) atoms. The van der Waals surface area contributed by atoms with Crippen molar-refractivity contribution >= 4 is 17.7 Å². The molecule has 0 spiro atoms. The Morgan fingerprint density at radius 1 is 1.47 bits per heavy atom. The second-order valence-electron chi connectivity index (χ2n) is 3.94. The molecule has 0 aliphatic carbocycles. The third kappa shape index (κ3) is 4.43. The molecule has 3 nitrogen and oxygen atoms in total. The second kappa shape index (κ2) is 7.12. The topological polar surface area (TPSA) is 32.3 Å². The fraction of sp³-hybridized carbons (Fsp3) is 0.909. The first-order valence-electron chi connectivity index (χ1n) is 5.86. The summed E-state index contributed by atoms with van der Waals surface area (Å²) in [5.41, 5.74) is 0. The number of amides is 1. The standard InChI is InChI=1S/C11H22N2OS/c1-3-4-9-15-10(2)11(14)13-7-5-12-6-8-13/h10,12H,3-9H2,1-2H3. The van der Waals surface area contributed by atoms with Gasteiger partial charge in [0.1, 0.15) is 0 Å². The van der Waals surface area contributed by atoms with Crippen LogP contribution in [0.15, 0.2) is 0 Å². The van der Waals surface area contributed by atoms with Crippen molar-refractivity contribution in [3.05, 3.63) is 0 Å². The smallest absolute Gasteiger partial charge is 0.235 e. The largest absolute Gasteiger partial charge is 0.339 e. The van der Waals surface area contributed by atoms with E-state index in [2.05, 4.69) is 12.2 Å². The first-order valence-corrected chi connectivity index (χ1v) is 6.91. The molecule has 1 aliphatic rings. The van der Waals surface area contributed by atoms with Crippen LogP contribution in [0.25, 0.3) is 0 Å². The van der Waals surface area contributed by atoms with E-state index in [0.717, 1.165) is 31.9 Å². The quantitative estimate of drug-likeness (QED) is 0.723. The van der Waals surface area contributed by atoms with Gasteiger partial charge in [-0.15, -0.1) is 11.8 Å². The summed E-state index contributed by atoms with van der Waals surface area (Å²) in [5.74, 6) is 1.42. The number of piperazine rings is 1. The Hall–Kier alpha value is -0.220. The van der Waals surface area contributed by atoms with E-state index in [0.29, 0.717) is 5.91 Å². The lowest BCUT2D eigenvalue weighted by Crippen LogP contribution is -2.48. The lowest BCUT2D eigenvalue weighted by Gasteiger charge is -2.29. The van der Waals surface area contributed by atoms with Crippen LogP contribution in [-0.2, 0) is 4.79 Å². The van der Waals surface area contributed by atoms with Crippen LogP contribution in [0.4, 0.5) is 0 Å². The van der Waals surface area contributed by atoms with Crippen molar-refractivity contribution in [1.82, 2.24) is 10.2 Å². The Bertz CT molecular complexity index is 193. The molecule has 1 heterocycles. The maximum absolute atomic E-state index is 12.0.